The predicted octanol–water partition coefficient (Wildman–Crippen LogP) is 1.35. The van der Waals surface area contributed by atoms with Crippen molar-refractivity contribution in [3.05, 3.63) is 0 Å². The number of carbonyl (C=O) groups is 1. The molecular formula is C15H32N4O3. The zero-order valence-corrected chi connectivity index (χ0v) is 14.7. The number of guanidine groups is 1. The molecule has 0 saturated heterocycles. The second-order valence-electron chi connectivity index (χ2n) is 5.65. The van der Waals surface area contributed by atoms with Gasteiger partial charge in [0, 0.05) is 32.8 Å². The molecule has 3 N–H and O–H groups in total. The normalized spacial score (nSPS) is 14.4. The molecule has 0 rings (SSSR count). The molecule has 0 aromatic rings. The van der Waals surface area contributed by atoms with Crippen molar-refractivity contribution >= 4 is 12.1 Å². The third-order valence-corrected chi connectivity index (χ3v) is 2.89. The highest BCUT2D eigenvalue weighted by atomic mass is 16.5. The van der Waals surface area contributed by atoms with E-state index in [9.17, 15) is 4.79 Å². The fourth-order valence-corrected chi connectivity index (χ4v) is 2.04. The van der Waals surface area contributed by atoms with Crippen molar-refractivity contribution in [3.8, 4) is 0 Å². The molecule has 2 unspecified atom stereocenters. The highest BCUT2D eigenvalue weighted by Crippen LogP contribution is 2.04. The van der Waals surface area contributed by atoms with Crippen molar-refractivity contribution in [3.63, 3.8) is 0 Å². The molecule has 0 aliphatic carbocycles. The second kappa shape index (κ2) is 12.1. The van der Waals surface area contributed by atoms with Gasteiger partial charge in [-0.1, -0.05) is 13.8 Å². The lowest BCUT2D eigenvalue weighted by Gasteiger charge is -2.23. The van der Waals surface area contributed by atoms with Gasteiger partial charge in [-0.15, -0.1) is 0 Å². The van der Waals surface area contributed by atoms with Gasteiger partial charge in [0.2, 0.25) is 0 Å². The van der Waals surface area contributed by atoms with E-state index in [-0.39, 0.29) is 18.2 Å². The smallest absolute Gasteiger partial charge is 0.407 e. The minimum absolute atomic E-state index is 0.0182. The Balaban J connectivity index is 4.42. The Bertz CT molecular complexity index is 335. The van der Waals surface area contributed by atoms with Crippen molar-refractivity contribution in [2.75, 3.05) is 33.9 Å². The number of nitrogens with one attached hydrogen (secondary N) is 3. The van der Waals surface area contributed by atoms with Gasteiger partial charge in [-0.25, -0.2) is 4.79 Å². The summed E-state index contributed by atoms with van der Waals surface area (Å²) in [5.41, 5.74) is 0. The molecule has 1 amide bonds. The van der Waals surface area contributed by atoms with Crippen LogP contribution in [0.4, 0.5) is 4.79 Å². The summed E-state index contributed by atoms with van der Waals surface area (Å²) in [5, 5.41) is 9.33. The van der Waals surface area contributed by atoms with Gasteiger partial charge in [0.25, 0.3) is 0 Å². The molecule has 2 atom stereocenters. The highest BCUT2D eigenvalue weighted by Gasteiger charge is 2.15. The number of methoxy groups -OCH3 is 1. The lowest BCUT2D eigenvalue weighted by molar-refractivity contribution is 0.146. The van der Waals surface area contributed by atoms with Crippen LogP contribution in [-0.2, 0) is 9.47 Å². The summed E-state index contributed by atoms with van der Waals surface area (Å²) < 4.78 is 10.0. The number of nitrogens with zero attached hydrogens (tertiary/aromatic N) is 1. The summed E-state index contributed by atoms with van der Waals surface area (Å²) in [7, 11) is 3.38. The monoisotopic (exact) mass is 316 g/mol. The largest absolute Gasteiger partial charge is 0.450 e. The molecule has 0 aromatic carbocycles. The molecule has 0 radical (unpaired) electrons. The van der Waals surface area contributed by atoms with E-state index in [0.717, 1.165) is 6.42 Å². The van der Waals surface area contributed by atoms with Gasteiger partial charge in [-0.05, 0) is 26.2 Å². The number of hydrogen-bond acceptors (Lipinski definition) is 4. The van der Waals surface area contributed by atoms with Gasteiger partial charge in [0.1, 0.15) is 0 Å². The SMILES string of the molecule is CCOC(=O)NC(CNC(=NC)NC(C)COC)CC(C)C. The zero-order valence-electron chi connectivity index (χ0n) is 14.7. The van der Waals surface area contributed by atoms with Crippen LogP contribution in [0, 0.1) is 5.92 Å². The van der Waals surface area contributed by atoms with Crippen molar-refractivity contribution in [2.24, 2.45) is 10.9 Å². The summed E-state index contributed by atoms with van der Waals surface area (Å²) in [6, 6.07) is 0.132. The van der Waals surface area contributed by atoms with Crippen LogP contribution in [-0.4, -0.2) is 58.1 Å². The van der Waals surface area contributed by atoms with Crippen LogP contribution in [0.15, 0.2) is 4.99 Å². The number of ether oxygens (including phenoxy) is 2. The molecular weight excluding hydrogens is 284 g/mol. The van der Waals surface area contributed by atoms with Crippen LogP contribution in [0.5, 0.6) is 0 Å². The number of aliphatic imine (C=N–C) groups is 1. The van der Waals surface area contributed by atoms with E-state index in [1.165, 1.54) is 0 Å². The molecule has 0 saturated carbocycles. The molecule has 0 heterocycles. The molecule has 0 fully saturated rings. The second-order valence-corrected chi connectivity index (χ2v) is 5.65. The van der Waals surface area contributed by atoms with Gasteiger partial charge < -0.3 is 25.4 Å². The van der Waals surface area contributed by atoms with Crippen LogP contribution < -0.4 is 16.0 Å². The van der Waals surface area contributed by atoms with Crippen LogP contribution in [0.2, 0.25) is 0 Å². The summed E-state index contributed by atoms with van der Waals surface area (Å²) in [6.45, 7) is 9.58. The Labute approximate surface area is 134 Å². The fourth-order valence-electron chi connectivity index (χ4n) is 2.04. The number of amides is 1. The van der Waals surface area contributed by atoms with Crippen LogP contribution in [0.1, 0.15) is 34.1 Å². The minimum Gasteiger partial charge on any atom is -0.450 e. The van der Waals surface area contributed by atoms with Gasteiger partial charge >= 0.3 is 6.09 Å². The Morgan fingerprint density at radius 2 is 1.91 bits per heavy atom. The van der Waals surface area contributed by atoms with Crippen molar-refractivity contribution in [1.29, 1.82) is 0 Å². The molecule has 22 heavy (non-hydrogen) atoms. The fraction of sp³-hybridized carbons (Fsp3) is 0.867. The summed E-state index contributed by atoms with van der Waals surface area (Å²) in [6.07, 6.45) is 0.474. The highest BCUT2D eigenvalue weighted by molar-refractivity contribution is 5.80. The molecule has 0 aromatic heterocycles. The lowest BCUT2D eigenvalue weighted by Crippen LogP contribution is -2.50. The van der Waals surface area contributed by atoms with E-state index >= 15 is 0 Å². The summed E-state index contributed by atoms with van der Waals surface area (Å²) in [5.74, 6) is 1.15. The van der Waals surface area contributed by atoms with Crippen molar-refractivity contribution in [1.82, 2.24) is 16.0 Å². The van der Waals surface area contributed by atoms with Crippen LogP contribution in [0.3, 0.4) is 0 Å². The molecule has 7 nitrogen and oxygen atoms in total. The molecule has 0 spiro atoms. The first-order chi connectivity index (χ1) is 10.4. The maximum absolute atomic E-state index is 11.6. The molecule has 130 valence electrons. The van der Waals surface area contributed by atoms with Gasteiger partial charge in [0.15, 0.2) is 5.96 Å². The van der Waals surface area contributed by atoms with E-state index in [1.807, 2.05) is 6.92 Å². The number of carbonyl (C=O) groups excluding carboxylic acids is 1. The molecule has 0 aliphatic heterocycles. The van der Waals surface area contributed by atoms with E-state index in [4.69, 9.17) is 9.47 Å². The van der Waals surface area contributed by atoms with Gasteiger partial charge in [0.05, 0.1) is 13.2 Å². The summed E-state index contributed by atoms with van der Waals surface area (Å²) in [4.78, 5) is 15.8. The molecule has 0 aliphatic rings. The molecule has 7 heteroatoms. The minimum atomic E-state index is -0.384. The lowest BCUT2D eigenvalue weighted by atomic mass is 10.0. The van der Waals surface area contributed by atoms with Crippen molar-refractivity contribution < 1.29 is 14.3 Å². The van der Waals surface area contributed by atoms with Gasteiger partial charge in [-0.3, -0.25) is 4.99 Å². The van der Waals surface area contributed by atoms with E-state index < -0.39 is 0 Å². The Morgan fingerprint density at radius 3 is 2.41 bits per heavy atom. The number of hydrogen-bond donors (Lipinski definition) is 3. The van der Waals surface area contributed by atoms with E-state index in [1.54, 1.807) is 21.1 Å². The number of alkyl carbamates (subject to hydrolysis) is 1. The maximum atomic E-state index is 11.6. The van der Waals surface area contributed by atoms with E-state index in [2.05, 4.69) is 34.8 Å². The van der Waals surface area contributed by atoms with Crippen molar-refractivity contribution in [2.45, 2.75) is 46.2 Å². The standard InChI is InChI=1S/C15H32N4O3/c1-7-22-15(20)19-13(8-11(2)3)9-17-14(16-5)18-12(4)10-21-6/h11-13H,7-10H2,1-6H3,(H,19,20)(H2,16,17,18). The Morgan fingerprint density at radius 1 is 1.23 bits per heavy atom. The Kier molecular flexibility index (Phi) is 11.3. The van der Waals surface area contributed by atoms with Gasteiger partial charge in [-0.2, -0.15) is 0 Å². The quantitative estimate of drug-likeness (QED) is 0.442. The molecule has 0 bridgehead atoms. The maximum Gasteiger partial charge on any atom is 0.407 e. The third-order valence-electron chi connectivity index (χ3n) is 2.89. The first kappa shape index (κ1) is 20.5. The first-order valence-electron chi connectivity index (χ1n) is 7.82. The predicted molar refractivity (Wildman–Crippen MR) is 89.2 cm³/mol. The van der Waals surface area contributed by atoms with E-state index in [0.29, 0.717) is 31.6 Å². The van der Waals surface area contributed by atoms with Crippen LogP contribution >= 0.6 is 0 Å². The first-order valence-corrected chi connectivity index (χ1v) is 7.82. The third kappa shape index (κ3) is 10.3. The van der Waals surface area contributed by atoms with Crippen LogP contribution in [0.25, 0.3) is 0 Å². The topological polar surface area (TPSA) is 84.0 Å². The number of rotatable bonds is 9. The zero-order chi connectivity index (χ0) is 17.0. The Hall–Kier alpha value is -1.50. The summed E-state index contributed by atoms with van der Waals surface area (Å²) >= 11 is 0. The average molecular weight is 316 g/mol. The average Bonchev–Trinajstić information content (AvgIpc) is 2.43.